The summed E-state index contributed by atoms with van der Waals surface area (Å²) in [5.41, 5.74) is 1.46. The van der Waals surface area contributed by atoms with Crippen molar-refractivity contribution in [2.24, 2.45) is 23.2 Å². The molecule has 0 spiro atoms. The van der Waals surface area contributed by atoms with Crippen LogP contribution in [0.3, 0.4) is 0 Å². The van der Waals surface area contributed by atoms with Crippen LogP contribution in [0.2, 0.25) is 0 Å². The summed E-state index contributed by atoms with van der Waals surface area (Å²) in [6, 6.07) is 3.93. The molecule has 4 bridgehead atoms. The number of rotatable bonds is 4. The second kappa shape index (κ2) is 5.65. The molecule has 0 unspecified atom stereocenters. The third kappa shape index (κ3) is 2.70. The van der Waals surface area contributed by atoms with E-state index in [0.29, 0.717) is 11.2 Å². The molecule has 1 heterocycles. The van der Waals surface area contributed by atoms with Gasteiger partial charge < -0.3 is 4.98 Å². The first kappa shape index (κ1) is 15.5. The molecule has 4 aliphatic rings. The Bertz CT molecular complexity index is 739. The van der Waals surface area contributed by atoms with E-state index in [2.05, 4.69) is 9.97 Å². The average Bonchev–Trinajstić information content (AvgIpc) is 3.00. The van der Waals surface area contributed by atoms with E-state index in [1.807, 2.05) is 0 Å². The Hall–Kier alpha value is -1.71. The van der Waals surface area contributed by atoms with Crippen LogP contribution in [0.4, 0.5) is 8.78 Å². The minimum Gasteiger partial charge on any atom is -0.342 e. The monoisotopic (exact) mass is 342 g/mol. The van der Waals surface area contributed by atoms with Gasteiger partial charge in [0.2, 0.25) is 0 Å². The van der Waals surface area contributed by atoms with Gasteiger partial charge in [-0.15, -0.1) is 0 Å². The minimum atomic E-state index is -0.568. The summed E-state index contributed by atoms with van der Waals surface area (Å²) < 4.78 is 27.9. The number of aryl methyl sites for hydroxylation is 1. The summed E-state index contributed by atoms with van der Waals surface area (Å²) in [5.74, 6) is 2.03. The first-order chi connectivity index (χ1) is 12.1. The topological polar surface area (TPSA) is 28.7 Å². The molecule has 4 heteroatoms. The summed E-state index contributed by atoms with van der Waals surface area (Å²) in [4.78, 5) is 7.39. The fraction of sp³-hybridized carbons (Fsp3) is 0.571. The third-order valence-electron chi connectivity index (χ3n) is 6.92. The molecule has 4 saturated carbocycles. The summed E-state index contributed by atoms with van der Waals surface area (Å²) in [6.45, 7) is 0. The maximum Gasteiger partial charge on any atom is 0.143 e. The number of aromatic amines is 1. The molecule has 1 aromatic heterocycles. The van der Waals surface area contributed by atoms with Crippen molar-refractivity contribution in [2.45, 2.75) is 51.4 Å². The van der Waals surface area contributed by atoms with Crippen molar-refractivity contribution in [3.63, 3.8) is 0 Å². The van der Waals surface area contributed by atoms with Gasteiger partial charge in [0.25, 0.3) is 0 Å². The zero-order valence-corrected chi connectivity index (χ0v) is 14.4. The highest BCUT2D eigenvalue weighted by atomic mass is 19.1. The van der Waals surface area contributed by atoms with Crippen LogP contribution in [0.1, 0.15) is 50.6 Å². The van der Waals surface area contributed by atoms with Crippen LogP contribution < -0.4 is 0 Å². The van der Waals surface area contributed by atoms with E-state index in [1.165, 1.54) is 63.1 Å². The Kier molecular flexibility index (Phi) is 3.51. The van der Waals surface area contributed by atoms with E-state index in [1.54, 1.807) is 6.20 Å². The van der Waals surface area contributed by atoms with Gasteiger partial charge in [0.15, 0.2) is 0 Å². The van der Waals surface area contributed by atoms with Crippen molar-refractivity contribution < 1.29 is 8.78 Å². The number of aromatic nitrogens is 2. The first-order valence-electron chi connectivity index (χ1n) is 9.58. The van der Waals surface area contributed by atoms with E-state index in [0.717, 1.165) is 29.9 Å². The normalized spacial score (nSPS) is 33.1. The Balaban J connectivity index is 1.32. The van der Waals surface area contributed by atoms with Gasteiger partial charge in [-0.05, 0) is 86.7 Å². The molecule has 6 rings (SSSR count). The van der Waals surface area contributed by atoms with Gasteiger partial charge in [0.05, 0.1) is 5.56 Å². The van der Waals surface area contributed by atoms with Crippen molar-refractivity contribution in [2.75, 3.05) is 0 Å². The highest BCUT2D eigenvalue weighted by molar-refractivity contribution is 5.57. The number of nitrogens with zero attached hydrogens (tertiary/aromatic N) is 1. The van der Waals surface area contributed by atoms with Gasteiger partial charge in [-0.3, -0.25) is 0 Å². The largest absolute Gasteiger partial charge is 0.342 e. The van der Waals surface area contributed by atoms with Crippen molar-refractivity contribution in [3.8, 4) is 11.4 Å². The Morgan fingerprint density at radius 1 is 1.00 bits per heavy atom. The van der Waals surface area contributed by atoms with Gasteiger partial charge in [-0.2, -0.15) is 0 Å². The van der Waals surface area contributed by atoms with E-state index >= 15 is 0 Å². The number of hydrogen-bond acceptors (Lipinski definition) is 1. The summed E-state index contributed by atoms with van der Waals surface area (Å²) in [7, 11) is 0. The highest BCUT2D eigenvalue weighted by Crippen LogP contribution is 2.61. The molecule has 1 aromatic carbocycles. The lowest BCUT2D eigenvalue weighted by atomic mass is 9.48. The quantitative estimate of drug-likeness (QED) is 0.780. The molecule has 25 heavy (non-hydrogen) atoms. The minimum absolute atomic E-state index is 0.0523. The molecule has 4 fully saturated rings. The van der Waals surface area contributed by atoms with Crippen molar-refractivity contribution in [3.05, 3.63) is 41.7 Å². The third-order valence-corrected chi connectivity index (χ3v) is 6.92. The number of halogens is 2. The maximum atomic E-state index is 13.9. The first-order valence-corrected chi connectivity index (χ1v) is 9.58. The molecule has 0 atom stereocenters. The van der Waals surface area contributed by atoms with Gasteiger partial charge >= 0.3 is 0 Å². The zero-order valence-electron chi connectivity index (χ0n) is 14.4. The van der Waals surface area contributed by atoms with Gasteiger partial charge in [0, 0.05) is 11.9 Å². The molecular formula is C21H24F2N2. The second-order valence-corrected chi connectivity index (χ2v) is 8.77. The predicted octanol–water partition coefficient (Wildman–Crippen LogP) is 5.50. The summed E-state index contributed by atoms with van der Waals surface area (Å²) in [5, 5.41) is 0. The molecular weight excluding hydrogens is 318 g/mol. The van der Waals surface area contributed by atoms with Crippen LogP contribution in [0.15, 0.2) is 24.4 Å². The van der Waals surface area contributed by atoms with Crippen LogP contribution in [0, 0.1) is 34.8 Å². The van der Waals surface area contributed by atoms with Crippen molar-refractivity contribution in [1.29, 1.82) is 0 Å². The number of hydrogen-bond donors (Lipinski definition) is 1. The van der Waals surface area contributed by atoms with Gasteiger partial charge in [-0.1, -0.05) is 6.07 Å². The average molecular weight is 342 g/mol. The Labute approximate surface area is 147 Å². The lowest BCUT2D eigenvalue weighted by Crippen LogP contribution is -2.46. The summed E-state index contributed by atoms with van der Waals surface area (Å²) >= 11 is 0. The summed E-state index contributed by atoms with van der Waals surface area (Å²) in [6.07, 6.45) is 12.4. The lowest BCUT2D eigenvalue weighted by Gasteiger charge is -2.57. The number of H-pyrrole nitrogens is 1. The number of nitrogens with one attached hydrogen (secondary N) is 1. The SMILES string of the molecule is Fc1cccc(F)c1-c1ncc(CCC23CC4CC(CC(C4)C2)C3)[nH]1. The fourth-order valence-electron chi connectivity index (χ4n) is 6.33. The molecule has 132 valence electrons. The van der Waals surface area contributed by atoms with Crippen LogP contribution in [0.25, 0.3) is 11.4 Å². The smallest absolute Gasteiger partial charge is 0.143 e. The zero-order chi connectivity index (χ0) is 17.0. The predicted molar refractivity (Wildman–Crippen MR) is 92.9 cm³/mol. The standard InChI is InChI=1S/C21H24F2N2/c22-17-2-1-3-18(23)19(17)20-24-12-16(25-20)4-5-21-9-13-6-14(10-21)8-15(7-13)11-21/h1-3,12-15H,4-11H2,(H,24,25). The van der Waals surface area contributed by atoms with Gasteiger partial charge in [-0.25, -0.2) is 13.8 Å². The molecule has 0 saturated heterocycles. The molecule has 2 nitrogen and oxygen atoms in total. The van der Waals surface area contributed by atoms with Crippen molar-refractivity contribution in [1.82, 2.24) is 9.97 Å². The molecule has 2 aromatic rings. The van der Waals surface area contributed by atoms with E-state index in [4.69, 9.17) is 0 Å². The molecule has 4 aliphatic carbocycles. The fourth-order valence-corrected chi connectivity index (χ4v) is 6.33. The molecule has 0 amide bonds. The Morgan fingerprint density at radius 2 is 1.60 bits per heavy atom. The lowest BCUT2D eigenvalue weighted by molar-refractivity contribution is -0.0570. The van der Waals surface area contributed by atoms with E-state index in [-0.39, 0.29) is 5.56 Å². The van der Waals surface area contributed by atoms with Gasteiger partial charge in [0.1, 0.15) is 17.5 Å². The van der Waals surface area contributed by atoms with Crippen LogP contribution in [-0.2, 0) is 6.42 Å². The van der Waals surface area contributed by atoms with E-state index < -0.39 is 11.6 Å². The van der Waals surface area contributed by atoms with Crippen molar-refractivity contribution >= 4 is 0 Å². The molecule has 0 radical (unpaired) electrons. The van der Waals surface area contributed by atoms with Crippen LogP contribution >= 0.6 is 0 Å². The molecule has 0 aliphatic heterocycles. The van der Waals surface area contributed by atoms with Crippen LogP contribution in [-0.4, -0.2) is 9.97 Å². The highest BCUT2D eigenvalue weighted by Gasteiger charge is 2.50. The van der Waals surface area contributed by atoms with Crippen LogP contribution in [0.5, 0.6) is 0 Å². The maximum absolute atomic E-state index is 13.9. The number of benzene rings is 1. The van der Waals surface area contributed by atoms with E-state index in [9.17, 15) is 8.78 Å². The number of imidazole rings is 1. The second-order valence-electron chi connectivity index (χ2n) is 8.77. The molecule has 1 N–H and O–H groups in total. The Morgan fingerprint density at radius 3 is 2.20 bits per heavy atom.